The lowest BCUT2D eigenvalue weighted by Crippen LogP contribution is -2.43. The highest BCUT2D eigenvalue weighted by atomic mass is 32.2. The van der Waals surface area contributed by atoms with Gasteiger partial charge in [-0.2, -0.15) is 0 Å². The van der Waals surface area contributed by atoms with Gasteiger partial charge in [0.15, 0.2) is 0 Å². The second kappa shape index (κ2) is 4.21. The van der Waals surface area contributed by atoms with E-state index < -0.39 is 10.0 Å². The Morgan fingerprint density at radius 2 is 2.31 bits per heavy atom. The number of hydrogen-bond donors (Lipinski definition) is 1. The fourth-order valence-corrected chi connectivity index (χ4v) is 2.18. The van der Waals surface area contributed by atoms with E-state index in [9.17, 15) is 8.42 Å². The Labute approximate surface area is 79.0 Å². The van der Waals surface area contributed by atoms with Crippen LogP contribution >= 0.6 is 0 Å². The molecule has 1 heterocycles. The lowest BCUT2D eigenvalue weighted by molar-refractivity contribution is 0.0451. The molecule has 0 aromatic carbocycles. The van der Waals surface area contributed by atoms with Gasteiger partial charge in [0.1, 0.15) is 0 Å². The Kier molecular flexibility index (Phi) is 3.47. The van der Waals surface area contributed by atoms with Crippen molar-refractivity contribution in [3.8, 4) is 0 Å². The summed E-state index contributed by atoms with van der Waals surface area (Å²) in [4.78, 5) is 0. The summed E-state index contributed by atoms with van der Waals surface area (Å²) in [7, 11) is -3.29. The lowest BCUT2D eigenvalue weighted by Gasteiger charge is -2.28. The topological polar surface area (TPSA) is 55.4 Å². The van der Waals surface area contributed by atoms with Crippen molar-refractivity contribution in [3.05, 3.63) is 12.0 Å². The Bertz CT molecular complexity index is 273. The molecule has 13 heavy (non-hydrogen) atoms. The predicted molar refractivity (Wildman–Crippen MR) is 50.6 cm³/mol. The fraction of sp³-hybridized carbons (Fsp3) is 0.750. The number of nitrogens with one attached hydrogen (secondary N) is 1. The highest BCUT2D eigenvalue weighted by Crippen LogP contribution is 2.14. The van der Waals surface area contributed by atoms with Crippen molar-refractivity contribution in [2.24, 2.45) is 5.92 Å². The van der Waals surface area contributed by atoms with Crippen LogP contribution < -0.4 is 4.72 Å². The summed E-state index contributed by atoms with van der Waals surface area (Å²) >= 11 is 0. The van der Waals surface area contributed by atoms with Crippen LogP contribution in [0, 0.1) is 5.92 Å². The van der Waals surface area contributed by atoms with Crippen LogP contribution in [0.15, 0.2) is 12.0 Å². The molecule has 1 rings (SSSR count). The Hall–Kier alpha value is -0.390. The van der Waals surface area contributed by atoms with Gasteiger partial charge >= 0.3 is 0 Å². The summed E-state index contributed by atoms with van der Waals surface area (Å²) in [6.07, 6.45) is 0.730. The van der Waals surface area contributed by atoms with Crippen LogP contribution in [-0.2, 0) is 14.8 Å². The van der Waals surface area contributed by atoms with Crippen molar-refractivity contribution in [1.82, 2.24) is 4.72 Å². The molecule has 1 fully saturated rings. The molecule has 5 heteroatoms. The molecule has 2 unspecified atom stereocenters. The van der Waals surface area contributed by atoms with Crippen molar-refractivity contribution in [3.63, 3.8) is 0 Å². The van der Waals surface area contributed by atoms with Crippen LogP contribution in [0.5, 0.6) is 0 Å². The average molecular weight is 205 g/mol. The van der Waals surface area contributed by atoms with Gasteiger partial charge in [0.05, 0.1) is 6.61 Å². The Morgan fingerprint density at radius 3 is 2.85 bits per heavy atom. The third-order valence-electron chi connectivity index (χ3n) is 2.18. The van der Waals surface area contributed by atoms with Crippen LogP contribution in [0.25, 0.3) is 0 Å². The minimum Gasteiger partial charge on any atom is -0.381 e. The molecule has 1 saturated heterocycles. The van der Waals surface area contributed by atoms with Crippen molar-refractivity contribution in [1.29, 1.82) is 0 Å². The van der Waals surface area contributed by atoms with Gasteiger partial charge in [0.25, 0.3) is 0 Å². The average Bonchev–Trinajstić information content (AvgIpc) is 2.09. The molecule has 0 spiro atoms. The van der Waals surface area contributed by atoms with Crippen LogP contribution in [0.3, 0.4) is 0 Å². The monoisotopic (exact) mass is 205 g/mol. The SMILES string of the molecule is C=CS(=O)(=O)NC1CCOCC1C. The number of rotatable bonds is 3. The molecule has 1 aliphatic heterocycles. The van der Waals surface area contributed by atoms with Crippen molar-refractivity contribution in [2.45, 2.75) is 19.4 Å². The second-order valence-corrected chi connectivity index (χ2v) is 4.94. The first-order chi connectivity index (χ1) is 6.05. The zero-order chi connectivity index (χ0) is 9.90. The van der Waals surface area contributed by atoms with E-state index in [1.165, 1.54) is 0 Å². The predicted octanol–water partition coefficient (Wildman–Crippen LogP) is 0.474. The minimum absolute atomic E-state index is 0.0169. The molecule has 0 saturated carbocycles. The molecule has 0 aliphatic carbocycles. The van der Waals surface area contributed by atoms with Gasteiger partial charge in [-0.05, 0) is 12.3 Å². The molecule has 4 nitrogen and oxygen atoms in total. The highest BCUT2D eigenvalue weighted by Gasteiger charge is 2.24. The van der Waals surface area contributed by atoms with Gasteiger partial charge in [0, 0.05) is 18.1 Å². The van der Waals surface area contributed by atoms with Gasteiger partial charge in [-0.25, -0.2) is 13.1 Å². The van der Waals surface area contributed by atoms with Gasteiger partial charge in [-0.3, -0.25) is 0 Å². The summed E-state index contributed by atoms with van der Waals surface area (Å²) < 4.78 is 30.1. The van der Waals surface area contributed by atoms with E-state index in [-0.39, 0.29) is 12.0 Å². The molecule has 2 atom stereocenters. The zero-order valence-corrected chi connectivity index (χ0v) is 8.51. The van der Waals surface area contributed by atoms with E-state index in [0.29, 0.717) is 13.2 Å². The number of ether oxygens (including phenoxy) is 1. The number of hydrogen-bond acceptors (Lipinski definition) is 3. The highest BCUT2D eigenvalue weighted by molar-refractivity contribution is 7.92. The molecular weight excluding hydrogens is 190 g/mol. The van der Waals surface area contributed by atoms with Crippen molar-refractivity contribution >= 4 is 10.0 Å². The van der Waals surface area contributed by atoms with Crippen LogP contribution in [-0.4, -0.2) is 27.7 Å². The van der Waals surface area contributed by atoms with Crippen LogP contribution in [0.4, 0.5) is 0 Å². The van der Waals surface area contributed by atoms with Gasteiger partial charge in [0.2, 0.25) is 10.0 Å². The first kappa shape index (κ1) is 10.7. The quantitative estimate of drug-likeness (QED) is 0.729. The Balaban J connectivity index is 2.57. The van der Waals surface area contributed by atoms with Crippen molar-refractivity contribution in [2.75, 3.05) is 13.2 Å². The lowest BCUT2D eigenvalue weighted by atomic mass is 9.99. The summed E-state index contributed by atoms with van der Waals surface area (Å²) in [6, 6.07) is -0.0169. The second-order valence-electron chi connectivity index (χ2n) is 3.28. The van der Waals surface area contributed by atoms with Crippen LogP contribution in [0.2, 0.25) is 0 Å². The fourth-order valence-electron chi connectivity index (χ4n) is 1.31. The summed E-state index contributed by atoms with van der Waals surface area (Å²) in [5.74, 6) is 0.225. The molecule has 0 bridgehead atoms. The maximum absolute atomic E-state index is 11.1. The third-order valence-corrected chi connectivity index (χ3v) is 3.25. The molecule has 0 radical (unpaired) electrons. The van der Waals surface area contributed by atoms with E-state index in [1.54, 1.807) is 0 Å². The van der Waals surface area contributed by atoms with Gasteiger partial charge in [-0.1, -0.05) is 13.5 Å². The molecule has 1 N–H and O–H groups in total. The molecule has 0 aromatic rings. The normalized spacial score (nSPS) is 29.9. The summed E-state index contributed by atoms with van der Waals surface area (Å²) in [5.41, 5.74) is 0. The van der Waals surface area contributed by atoms with Crippen molar-refractivity contribution < 1.29 is 13.2 Å². The van der Waals surface area contributed by atoms with E-state index in [1.807, 2.05) is 6.92 Å². The molecule has 0 amide bonds. The smallest absolute Gasteiger partial charge is 0.233 e. The summed E-state index contributed by atoms with van der Waals surface area (Å²) in [5, 5.41) is 0.940. The van der Waals surface area contributed by atoms with E-state index in [0.717, 1.165) is 11.8 Å². The molecular formula is C8H15NO3S. The first-order valence-corrected chi connectivity index (χ1v) is 5.82. The Morgan fingerprint density at radius 1 is 1.62 bits per heavy atom. The molecule has 1 aliphatic rings. The van der Waals surface area contributed by atoms with E-state index >= 15 is 0 Å². The largest absolute Gasteiger partial charge is 0.381 e. The van der Waals surface area contributed by atoms with Crippen LogP contribution in [0.1, 0.15) is 13.3 Å². The maximum atomic E-state index is 11.1. The standard InChI is InChI=1S/C8H15NO3S/c1-3-13(10,11)9-8-4-5-12-6-7(8)2/h3,7-9H,1,4-6H2,2H3. The third kappa shape index (κ3) is 3.10. The van der Waals surface area contributed by atoms with E-state index in [2.05, 4.69) is 11.3 Å². The summed E-state index contributed by atoms with van der Waals surface area (Å²) in [6.45, 7) is 6.44. The van der Waals surface area contributed by atoms with E-state index in [4.69, 9.17) is 4.74 Å². The zero-order valence-electron chi connectivity index (χ0n) is 7.69. The molecule has 76 valence electrons. The minimum atomic E-state index is -3.29. The molecule has 0 aromatic heterocycles. The maximum Gasteiger partial charge on any atom is 0.233 e. The number of sulfonamides is 1. The van der Waals surface area contributed by atoms with Gasteiger partial charge < -0.3 is 4.74 Å². The first-order valence-electron chi connectivity index (χ1n) is 4.27. The van der Waals surface area contributed by atoms with Gasteiger partial charge in [-0.15, -0.1) is 0 Å².